The van der Waals surface area contributed by atoms with Gasteiger partial charge in [-0.1, -0.05) is 42.5 Å². The van der Waals surface area contributed by atoms with Crippen molar-refractivity contribution in [3.8, 4) is 22.4 Å². The quantitative estimate of drug-likeness (QED) is 0.494. The zero-order chi connectivity index (χ0) is 16.5. The highest BCUT2D eigenvalue weighted by Crippen LogP contribution is 2.30. The van der Waals surface area contributed by atoms with Crippen molar-refractivity contribution in [1.82, 2.24) is 9.97 Å². The molecule has 0 aliphatic carbocycles. The third-order valence-electron chi connectivity index (χ3n) is 4.18. The Labute approximate surface area is 139 Å². The first-order valence-electron chi connectivity index (χ1n) is 7.79. The SMILES string of the molecule is Cc1cc(-c2ncnc3cc(F)ccc23)ccc1-c1ccccc1. The number of aromatic nitrogens is 2. The van der Waals surface area contributed by atoms with Crippen LogP contribution < -0.4 is 0 Å². The average molecular weight is 314 g/mol. The van der Waals surface area contributed by atoms with Gasteiger partial charge in [0.1, 0.15) is 12.1 Å². The number of benzene rings is 3. The normalized spacial score (nSPS) is 10.9. The van der Waals surface area contributed by atoms with Gasteiger partial charge in [-0.15, -0.1) is 0 Å². The second-order valence-electron chi connectivity index (χ2n) is 5.78. The Morgan fingerprint density at radius 3 is 2.42 bits per heavy atom. The van der Waals surface area contributed by atoms with E-state index in [1.807, 2.05) is 18.2 Å². The van der Waals surface area contributed by atoms with Gasteiger partial charge in [-0.3, -0.25) is 0 Å². The van der Waals surface area contributed by atoms with Crippen LogP contribution in [0.5, 0.6) is 0 Å². The van der Waals surface area contributed by atoms with Crippen molar-refractivity contribution in [2.45, 2.75) is 6.92 Å². The van der Waals surface area contributed by atoms with Crippen molar-refractivity contribution in [3.05, 3.63) is 84.4 Å². The van der Waals surface area contributed by atoms with Gasteiger partial charge >= 0.3 is 0 Å². The molecular weight excluding hydrogens is 299 g/mol. The molecule has 0 saturated heterocycles. The van der Waals surface area contributed by atoms with E-state index in [4.69, 9.17) is 0 Å². The van der Waals surface area contributed by atoms with Gasteiger partial charge in [-0.25, -0.2) is 14.4 Å². The summed E-state index contributed by atoms with van der Waals surface area (Å²) in [7, 11) is 0. The number of aryl methyl sites for hydroxylation is 1. The molecule has 0 bridgehead atoms. The van der Waals surface area contributed by atoms with E-state index in [2.05, 4.69) is 47.2 Å². The van der Waals surface area contributed by atoms with Crippen molar-refractivity contribution in [1.29, 1.82) is 0 Å². The summed E-state index contributed by atoms with van der Waals surface area (Å²) in [6.07, 6.45) is 1.48. The van der Waals surface area contributed by atoms with Gasteiger partial charge in [0.25, 0.3) is 0 Å². The molecule has 0 amide bonds. The molecular formula is C21H15FN2. The summed E-state index contributed by atoms with van der Waals surface area (Å²) in [5.74, 6) is -0.289. The van der Waals surface area contributed by atoms with E-state index in [9.17, 15) is 4.39 Å². The number of rotatable bonds is 2. The Hall–Kier alpha value is -3.07. The summed E-state index contributed by atoms with van der Waals surface area (Å²) in [6, 6.07) is 21.2. The van der Waals surface area contributed by atoms with Crippen LogP contribution in [0, 0.1) is 12.7 Å². The van der Waals surface area contributed by atoms with Gasteiger partial charge in [0, 0.05) is 17.0 Å². The highest BCUT2D eigenvalue weighted by atomic mass is 19.1. The number of hydrogen-bond acceptors (Lipinski definition) is 2. The number of hydrogen-bond donors (Lipinski definition) is 0. The Bertz CT molecular complexity index is 1030. The summed E-state index contributed by atoms with van der Waals surface area (Å²) in [4.78, 5) is 8.58. The highest BCUT2D eigenvalue weighted by molar-refractivity contribution is 5.92. The fraction of sp³-hybridized carbons (Fsp3) is 0.0476. The first kappa shape index (κ1) is 14.5. The molecule has 116 valence electrons. The molecule has 3 heteroatoms. The molecule has 0 aliphatic rings. The first-order chi connectivity index (χ1) is 11.7. The Balaban J connectivity index is 1.85. The molecule has 0 fully saturated rings. The molecule has 0 N–H and O–H groups in total. The van der Waals surface area contributed by atoms with Gasteiger partial charge in [0.2, 0.25) is 0 Å². The minimum Gasteiger partial charge on any atom is -0.236 e. The van der Waals surface area contributed by atoms with E-state index in [1.165, 1.54) is 35.2 Å². The number of halogens is 1. The summed E-state index contributed by atoms with van der Waals surface area (Å²) < 4.78 is 13.4. The molecule has 1 aromatic heterocycles. The van der Waals surface area contributed by atoms with E-state index in [1.54, 1.807) is 6.07 Å². The fourth-order valence-electron chi connectivity index (χ4n) is 3.01. The lowest BCUT2D eigenvalue weighted by Gasteiger charge is -2.10. The molecule has 4 rings (SSSR count). The van der Waals surface area contributed by atoms with Crippen molar-refractivity contribution in [2.24, 2.45) is 0 Å². The van der Waals surface area contributed by atoms with E-state index in [-0.39, 0.29) is 5.82 Å². The molecule has 2 nitrogen and oxygen atoms in total. The molecule has 0 aliphatic heterocycles. The van der Waals surface area contributed by atoms with E-state index >= 15 is 0 Å². The lowest BCUT2D eigenvalue weighted by molar-refractivity contribution is 0.629. The summed E-state index contributed by atoms with van der Waals surface area (Å²) in [5, 5.41) is 0.853. The van der Waals surface area contributed by atoms with Crippen LogP contribution in [0.15, 0.2) is 73.1 Å². The summed E-state index contributed by atoms with van der Waals surface area (Å²) in [6.45, 7) is 2.09. The largest absolute Gasteiger partial charge is 0.236 e. The maximum Gasteiger partial charge on any atom is 0.125 e. The molecule has 0 atom stereocenters. The van der Waals surface area contributed by atoms with E-state index < -0.39 is 0 Å². The van der Waals surface area contributed by atoms with Crippen molar-refractivity contribution >= 4 is 10.9 Å². The number of fused-ring (bicyclic) bond motifs is 1. The maximum atomic E-state index is 13.4. The topological polar surface area (TPSA) is 25.8 Å². The monoisotopic (exact) mass is 314 g/mol. The van der Waals surface area contributed by atoms with Crippen molar-refractivity contribution in [3.63, 3.8) is 0 Å². The molecule has 0 unspecified atom stereocenters. The van der Waals surface area contributed by atoms with Crippen LogP contribution in [0.2, 0.25) is 0 Å². The third-order valence-corrected chi connectivity index (χ3v) is 4.18. The molecule has 3 aromatic carbocycles. The third kappa shape index (κ3) is 2.54. The maximum absolute atomic E-state index is 13.4. The molecule has 24 heavy (non-hydrogen) atoms. The van der Waals surface area contributed by atoms with Gasteiger partial charge in [-0.05, 0) is 41.8 Å². The summed E-state index contributed by atoms with van der Waals surface area (Å²) in [5.41, 5.74) is 6.01. The van der Waals surface area contributed by atoms with Crippen molar-refractivity contribution < 1.29 is 4.39 Å². The van der Waals surface area contributed by atoms with Gasteiger partial charge < -0.3 is 0 Å². The second kappa shape index (κ2) is 5.85. The predicted molar refractivity (Wildman–Crippen MR) is 95.1 cm³/mol. The van der Waals surface area contributed by atoms with Crippen molar-refractivity contribution in [2.75, 3.05) is 0 Å². The Morgan fingerprint density at radius 1 is 0.792 bits per heavy atom. The lowest BCUT2D eigenvalue weighted by Crippen LogP contribution is -1.91. The van der Waals surface area contributed by atoms with Gasteiger partial charge in [0.15, 0.2) is 0 Å². The molecule has 1 heterocycles. The smallest absolute Gasteiger partial charge is 0.125 e. The second-order valence-corrected chi connectivity index (χ2v) is 5.78. The minimum atomic E-state index is -0.289. The molecule has 0 saturated carbocycles. The van der Waals surface area contributed by atoms with Crippen LogP contribution in [0.4, 0.5) is 4.39 Å². The van der Waals surface area contributed by atoms with Crippen LogP contribution in [0.25, 0.3) is 33.3 Å². The van der Waals surface area contributed by atoms with E-state index in [0.717, 1.165) is 16.6 Å². The minimum absolute atomic E-state index is 0.289. The van der Waals surface area contributed by atoms with Crippen LogP contribution in [-0.4, -0.2) is 9.97 Å². The Morgan fingerprint density at radius 2 is 1.62 bits per heavy atom. The van der Waals surface area contributed by atoms with Crippen LogP contribution in [0.3, 0.4) is 0 Å². The average Bonchev–Trinajstić information content (AvgIpc) is 2.61. The zero-order valence-corrected chi connectivity index (χ0v) is 13.2. The van der Waals surface area contributed by atoms with Gasteiger partial charge in [-0.2, -0.15) is 0 Å². The zero-order valence-electron chi connectivity index (χ0n) is 13.2. The fourth-order valence-corrected chi connectivity index (χ4v) is 3.01. The van der Waals surface area contributed by atoms with Gasteiger partial charge in [0.05, 0.1) is 11.2 Å². The van der Waals surface area contributed by atoms with Crippen LogP contribution in [0.1, 0.15) is 5.56 Å². The highest BCUT2D eigenvalue weighted by Gasteiger charge is 2.09. The number of nitrogens with zero attached hydrogens (tertiary/aromatic N) is 2. The summed E-state index contributed by atoms with van der Waals surface area (Å²) >= 11 is 0. The Kier molecular flexibility index (Phi) is 3.54. The predicted octanol–water partition coefficient (Wildman–Crippen LogP) is 5.41. The van der Waals surface area contributed by atoms with Crippen LogP contribution in [-0.2, 0) is 0 Å². The standard InChI is InChI=1S/C21H15FN2/c1-14-11-16(7-9-18(14)15-5-3-2-4-6-15)21-19-10-8-17(22)12-20(19)23-13-24-21/h2-13H,1H3. The lowest BCUT2D eigenvalue weighted by atomic mass is 9.96. The molecule has 4 aromatic rings. The molecule has 0 radical (unpaired) electrons. The first-order valence-corrected chi connectivity index (χ1v) is 7.79. The van der Waals surface area contributed by atoms with Crippen LogP contribution >= 0.6 is 0 Å². The molecule has 0 spiro atoms. The van der Waals surface area contributed by atoms with E-state index in [0.29, 0.717) is 5.52 Å².